The highest BCUT2D eigenvalue weighted by Crippen LogP contribution is 2.04. The van der Waals surface area contributed by atoms with Crippen LogP contribution in [0.25, 0.3) is 0 Å². The van der Waals surface area contributed by atoms with E-state index in [9.17, 15) is 4.79 Å². The van der Waals surface area contributed by atoms with E-state index in [-0.39, 0.29) is 11.8 Å². The fourth-order valence-corrected chi connectivity index (χ4v) is 0.987. The molecule has 0 aliphatic heterocycles. The number of carbonyl (C=O) groups excluding carboxylic acids is 1. The van der Waals surface area contributed by atoms with Crippen molar-refractivity contribution in [3.8, 4) is 0 Å². The van der Waals surface area contributed by atoms with E-state index in [0.29, 0.717) is 6.42 Å². The maximum atomic E-state index is 10.7. The lowest BCUT2D eigenvalue weighted by Gasteiger charge is -2.02. The van der Waals surface area contributed by atoms with Crippen LogP contribution in [-0.2, 0) is 18.3 Å². The van der Waals surface area contributed by atoms with E-state index in [1.54, 1.807) is 13.3 Å². The average molecular weight is 197 g/mol. The lowest BCUT2D eigenvalue weighted by atomic mass is 10.1. The first kappa shape index (κ1) is 12.7. The van der Waals surface area contributed by atoms with Crippen molar-refractivity contribution in [1.29, 1.82) is 0 Å². The number of rotatable bonds is 3. The number of nitrogens with zero attached hydrogens (tertiary/aromatic N) is 2. The Morgan fingerprint density at radius 3 is 2.57 bits per heavy atom. The first-order valence-electron chi connectivity index (χ1n) is 4.85. The van der Waals surface area contributed by atoms with Crippen LogP contribution in [0.2, 0.25) is 0 Å². The number of nitrogens with two attached hydrogens (primary N) is 1. The molecule has 0 radical (unpaired) electrons. The fraction of sp³-hybridized carbons (Fsp3) is 0.600. The summed E-state index contributed by atoms with van der Waals surface area (Å²) in [6.45, 7) is 5.80. The molecule has 0 spiro atoms. The number of carbonyl (C=O) groups is 1. The third-order valence-electron chi connectivity index (χ3n) is 1.76. The number of hydrogen-bond acceptors (Lipinski definition) is 2. The highest BCUT2D eigenvalue weighted by atomic mass is 16.1. The summed E-state index contributed by atoms with van der Waals surface area (Å²) >= 11 is 0. The standard InChI is InChI=1S/C8H13N3O.C2H6/c1-6(8(9)12)3-7-4-11(2)5-10-7;1-2/h4-6H,3H2,1-2H3,(H2,9,12);1-2H3. The Bertz CT molecular complexity index is 281. The first-order chi connectivity index (χ1) is 6.59. The lowest BCUT2D eigenvalue weighted by molar-refractivity contribution is -0.121. The van der Waals surface area contributed by atoms with E-state index < -0.39 is 0 Å². The molecule has 0 saturated heterocycles. The minimum Gasteiger partial charge on any atom is -0.369 e. The summed E-state index contributed by atoms with van der Waals surface area (Å²) in [6, 6.07) is 0. The van der Waals surface area contributed by atoms with Crippen LogP contribution in [0.4, 0.5) is 0 Å². The number of primary amides is 1. The monoisotopic (exact) mass is 197 g/mol. The number of imidazole rings is 1. The van der Waals surface area contributed by atoms with Gasteiger partial charge in [0, 0.05) is 25.6 Å². The molecular formula is C10H19N3O. The van der Waals surface area contributed by atoms with Gasteiger partial charge >= 0.3 is 0 Å². The van der Waals surface area contributed by atoms with Gasteiger partial charge < -0.3 is 10.3 Å². The Hall–Kier alpha value is -1.32. The van der Waals surface area contributed by atoms with Crippen LogP contribution in [0, 0.1) is 5.92 Å². The number of hydrogen-bond donors (Lipinski definition) is 1. The molecule has 4 heteroatoms. The van der Waals surface area contributed by atoms with Gasteiger partial charge in [0.15, 0.2) is 0 Å². The van der Waals surface area contributed by atoms with E-state index in [2.05, 4.69) is 4.98 Å². The summed E-state index contributed by atoms with van der Waals surface area (Å²) in [5.74, 6) is -0.416. The molecule has 14 heavy (non-hydrogen) atoms. The van der Waals surface area contributed by atoms with Crippen molar-refractivity contribution in [3.63, 3.8) is 0 Å². The molecule has 4 nitrogen and oxygen atoms in total. The molecule has 2 N–H and O–H groups in total. The second kappa shape index (κ2) is 6.18. The SMILES string of the molecule is CC.CC(Cc1cn(C)cn1)C(N)=O. The van der Waals surface area contributed by atoms with Crippen LogP contribution in [0.5, 0.6) is 0 Å². The molecule has 0 aliphatic carbocycles. The third kappa shape index (κ3) is 4.07. The molecule has 1 unspecified atom stereocenters. The van der Waals surface area contributed by atoms with Crippen LogP contribution in [0.3, 0.4) is 0 Å². The zero-order valence-corrected chi connectivity index (χ0v) is 9.32. The van der Waals surface area contributed by atoms with Crippen LogP contribution < -0.4 is 5.73 Å². The summed E-state index contributed by atoms with van der Waals surface area (Å²) < 4.78 is 1.85. The molecule has 1 aromatic heterocycles. The van der Waals surface area contributed by atoms with E-state index in [1.807, 2.05) is 31.7 Å². The van der Waals surface area contributed by atoms with Gasteiger partial charge in [-0.05, 0) is 0 Å². The van der Waals surface area contributed by atoms with Crippen LogP contribution >= 0.6 is 0 Å². The predicted octanol–water partition coefficient (Wildman–Crippen LogP) is 1.11. The first-order valence-corrected chi connectivity index (χ1v) is 4.85. The molecule has 0 aromatic carbocycles. The normalized spacial score (nSPS) is 11.4. The molecule has 1 rings (SSSR count). The van der Waals surface area contributed by atoms with E-state index in [1.165, 1.54) is 0 Å². The molecule has 0 aliphatic rings. The highest BCUT2D eigenvalue weighted by Gasteiger charge is 2.10. The van der Waals surface area contributed by atoms with E-state index in [0.717, 1.165) is 5.69 Å². The van der Waals surface area contributed by atoms with Crippen molar-refractivity contribution >= 4 is 5.91 Å². The van der Waals surface area contributed by atoms with Gasteiger partial charge in [-0.3, -0.25) is 4.79 Å². The van der Waals surface area contributed by atoms with Crippen molar-refractivity contribution in [2.75, 3.05) is 0 Å². The summed E-state index contributed by atoms with van der Waals surface area (Å²) in [7, 11) is 1.89. The minimum atomic E-state index is -0.277. The topological polar surface area (TPSA) is 60.9 Å². The Morgan fingerprint density at radius 2 is 2.21 bits per heavy atom. The van der Waals surface area contributed by atoms with Gasteiger partial charge in [0.1, 0.15) is 0 Å². The number of aryl methyl sites for hydroxylation is 1. The number of amides is 1. The zero-order chi connectivity index (χ0) is 11.1. The van der Waals surface area contributed by atoms with Crippen molar-refractivity contribution in [2.24, 2.45) is 18.7 Å². The van der Waals surface area contributed by atoms with Crippen molar-refractivity contribution < 1.29 is 4.79 Å². The second-order valence-electron chi connectivity index (χ2n) is 3.04. The maximum absolute atomic E-state index is 10.7. The Labute approximate surface area is 85.1 Å². The van der Waals surface area contributed by atoms with Gasteiger partial charge in [-0.2, -0.15) is 0 Å². The smallest absolute Gasteiger partial charge is 0.220 e. The highest BCUT2D eigenvalue weighted by molar-refractivity contribution is 5.76. The number of aromatic nitrogens is 2. The van der Waals surface area contributed by atoms with Crippen molar-refractivity contribution in [3.05, 3.63) is 18.2 Å². The van der Waals surface area contributed by atoms with Crippen LogP contribution in [0.1, 0.15) is 26.5 Å². The molecule has 0 fully saturated rings. The van der Waals surface area contributed by atoms with Gasteiger partial charge in [-0.15, -0.1) is 0 Å². The van der Waals surface area contributed by atoms with Gasteiger partial charge in [-0.1, -0.05) is 20.8 Å². The lowest BCUT2D eigenvalue weighted by Crippen LogP contribution is -2.22. The quantitative estimate of drug-likeness (QED) is 0.789. The molecule has 1 amide bonds. The summed E-state index contributed by atoms with van der Waals surface area (Å²) in [6.07, 6.45) is 4.22. The third-order valence-corrected chi connectivity index (χ3v) is 1.76. The van der Waals surface area contributed by atoms with Crippen LogP contribution in [0.15, 0.2) is 12.5 Å². The largest absolute Gasteiger partial charge is 0.369 e. The Morgan fingerprint density at radius 1 is 1.64 bits per heavy atom. The van der Waals surface area contributed by atoms with Crippen molar-refractivity contribution in [2.45, 2.75) is 27.2 Å². The minimum absolute atomic E-state index is 0.139. The van der Waals surface area contributed by atoms with Gasteiger partial charge in [-0.25, -0.2) is 4.98 Å². The molecule has 1 heterocycles. The summed E-state index contributed by atoms with van der Waals surface area (Å²) in [5, 5.41) is 0. The van der Waals surface area contributed by atoms with E-state index >= 15 is 0 Å². The summed E-state index contributed by atoms with van der Waals surface area (Å²) in [5.41, 5.74) is 6.02. The van der Waals surface area contributed by atoms with Crippen molar-refractivity contribution in [1.82, 2.24) is 9.55 Å². The van der Waals surface area contributed by atoms with Gasteiger partial charge in [0.05, 0.1) is 12.0 Å². The Kier molecular flexibility index (Phi) is 5.60. The molecular weight excluding hydrogens is 178 g/mol. The fourth-order valence-electron chi connectivity index (χ4n) is 0.987. The van der Waals surface area contributed by atoms with Crippen LogP contribution in [-0.4, -0.2) is 15.5 Å². The zero-order valence-electron chi connectivity index (χ0n) is 9.32. The molecule has 0 bridgehead atoms. The average Bonchev–Trinajstić information content (AvgIpc) is 2.54. The molecule has 0 saturated carbocycles. The molecule has 80 valence electrons. The van der Waals surface area contributed by atoms with Gasteiger partial charge in [0.25, 0.3) is 0 Å². The Balaban J connectivity index is 0.000000791. The molecule has 1 atom stereocenters. The maximum Gasteiger partial charge on any atom is 0.220 e. The van der Waals surface area contributed by atoms with Gasteiger partial charge in [0.2, 0.25) is 5.91 Å². The summed E-state index contributed by atoms with van der Waals surface area (Å²) in [4.78, 5) is 14.8. The second-order valence-corrected chi connectivity index (χ2v) is 3.04. The van der Waals surface area contributed by atoms with E-state index in [4.69, 9.17) is 5.73 Å². The molecule has 1 aromatic rings. The predicted molar refractivity (Wildman–Crippen MR) is 56.6 cm³/mol.